The van der Waals surface area contributed by atoms with E-state index in [4.69, 9.17) is 0 Å². The molecule has 2 atom stereocenters. The quantitative estimate of drug-likeness (QED) is 0.788. The highest BCUT2D eigenvalue weighted by Crippen LogP contribution is 2.39. The van der Waals surface area contributed by atoms with Crippen LogP contribution in [0.5, 0.6) is 0 Å². The molecule has 1 saturated heterocycles. The molecule has 0 aromatic carbocycles. The standard InChI is InChI=1S/C15H28N2O/c1-12(13-5-3-8-16-10-13)9-14(18)17-11-15(2)6-4-7-15/h12-13,16H,3-11H2,1-2H3,(H,17,18). The average Bonchev–Trinajstić information content (AvgIpc) is 2.35. The van der Waals surface area contributed by atoms with E-state index < -0.39 is 0 Å². The molecule has 2 rings (SSSR count). The van der Waals surface area contributed by atoms with E-state index in [1.165, 1.54) is 32.1 Å². The van der Waals surface area contributed by atoms with Crippen molar-refractivity contribution in [2.75, 3.05) is 19.6 Å². The fourth-order valence-electron chi connectivity index (χ4n) is 3.16. The summed E-state index contributed by atoms with van der Waals surface area (Å²) in [5.41, 5.74) is 0.394. The van der Waals surface area contributed by atoms with Crippen molar-refractivity contribution < 1.29 is 4.79 Å². The largest absolute Gasteiger partial charge is 0.356 e. The molecule has 2 fully saturated rings. The van der Waals surface area contributed by atoms with Crippen molar-refractivity contribution in [1.29, 1.82) is 0 Å². The Morgan fingerprint density at radius 3 is 2.78 bits per heavy atom. The minimum atomic E-state index is 0.251. The SMILES string of the molecule is CC(CC(=O)NCC1(C)CCC1)C1CCCNC1. The molecular weight excluding hydrogens is 224 g/mol. The summed E-state index contributed by atoms with van der Waals surface area (Å²) in [4.78, 5) is 12.0. The molecule has 104 valence electrons. The molecule has 18 heavy (non-hydrogen) atoms. The van der Waals surface area contributed by atoms with Gasteiger partial charge in [0.15, 0.2) is 0 Å². The Labute approximate surface area is 111 Å². The number of rotatable bonds is 5. The zero-order valence-corrected chi connectivity index (χ0v) is 11.9. The summed E-state index contributed by atoms with van der Waals surface area (Å²) < 4.78 is 0. The van der Waals surface area contributed by atoms with E-state index in [0.717, 1.165) is 19.6 Å². The molecule has 1 aliphatic heterocycles. The Hall–Kier alpha value is -0.570. The summed E-state index contributed by atoms with van der Waals surface area (Å²) in [6.45, 7) is 7.62. The van der Waals surface area contributed by atoms with E-state index in [2.05, 4.69) is 24.5 Å². The van der Waals surface area contributed by atoms with E-state index in [9.17, 15) is 4.79 Å². The first-order chi connectivity index (χ1) is 8.59. The van der Waals surface area contributed by atoms with Gasteiger partial charge in [-0.25, -0.2) is 0 Å². The lowest BCUT2D eigenvalue weighted by Crippen LogP contribution is -2.41. The van der Waals surface area contributed by atoms with E-state index >= 15 is 0 Å². The third kappa shape index (κ3) is 3.71. The fraction of sp³-hybridized carbons (Fsp3) is 0.933. The van der Waals surface area contributed by atoms with Crippen molar-refractivity contribution >= 4 is 5.91 Å². The van der Waals surface area contributed by atoms with E-state index in [1.807, 2.05) is 0 Å². The van der Waals surface area contributed by atoms with Crippen molar-refractivity contribution in [3.63, 3.8) is 0 Å². The Balaban J connectivity index is 1.66. The minimum Gasteiger partial charge on any atom is -0.356 e. The summed E-state index contributed by atoms with van der Waals surface area (Å²) in [6.07, 6.45) is 7.11. The molecule has 1 aliphatic carbocycles. The van der Waals surface area contributed by atoms with Gasteiger partial charge in [0.25, 0.3) is 0 Å². The van der Waals surface area contributed by atoms with Gasteiger partial charge in [-0.2, -0.15) is 0 Å². The molecule has 0 radical (unpaired) electrons. The van der Waals surface area contributed by atoms with Gasteiger partial charge in [-0.3, -0.25) is 4.79 Å². The Morgan fingerprint density at radius 1 is 1.44 bits per heavy atom. The first-order valence-electron chi connectivity index (χ1n) is 7.56. The smallest absolute Gasteiger partial charge is 0.220 e. The summed E-state index contributed by atoms with van der Waals surface area (Å²) >= 11 is 0. The lowest BCUT2D eigenvalue weighted by Gasteiger charge is -2.38. The molecule has 3 heteroatoms. The van der Waals surface area contributed by atoms with Crippen LogP contribution in [0.15, 0.2) is 0 Å². The number of carbonyl (C=O) groups is 1. The zero-order chi connectivity index (χ0) is 13.0. The van der Waals surface area contributed by atoms with Crippen LogP contribution in [-0.2, 0) is 4.79 Å². The maximum Gasteiger partial charge on any atom is 0.220 e. The van der Waals surface area contributed by atoms with Crippen LogP contribution >= 0.6 is 0 Å². The van der Waals surface area contributed by atoms with Gasteiger partial charge in [0.2, 0.25) is 5.91 Å². The van der Waals surface area contributed by atoms with Crippen molar-refractivity contribution in [2.24, 2.45) is 17.3 Å². The van der Waals surface area contributed by atoms with E-state index in [1.54, 1.807) is 0 Å². The normalized spacial score (nSPS) is 28.2. The fourth-order valence-corrected chi connectivity index (χ4v) is 3.16. The highest BCUT2D eigenvalue weighted by atomic mass is 16.1. The number of hydrogen-bond donors (Lipinski definition) is 2. The van der Waals surface area contributed by atoms with Crippen LogP contribution in [0, 0.1) is 17.3 Å². The number of nitrogens with one attached hydrogen (secondary N) is 2. The average molecular weight is 252 g/mol. The summed E-state index contributed by atoms with van der Waals surface area (Å²) in [5.74, 6) is 1.44. The van der Waals surface area contributed by atoms with Crippen LogP contribution < -0.4 is 10.6 Å². The third-order valence-electron chi connectivity index (χ3n) is 4.92. The van der Waals surface area contributed by atoms with Gasteiger partial charge < -0.3 is 10.6 Å². The van der Waals surface area contributed by atoms with Gasteiger partial charge in [-0.1, -0.05) is 20.3 Å². The van der Waals surface area contributed by atoms with E-state index in [0.29, 0.717) is 23.7 Å². The van der Waals surface area contributed by atoms with Crippen molar-refractivity contribution in [1.82, 2.24) is 10.6 Å². The van der Waals surface area contributed by atoms with Gasteiger partial charge in [0.05, 0.1) is 0 Å². The predicted octanol–water partition coefficient (Wildman–Crippen LogP) is 2.32. The highest BCUT2D eigenvalue weighted by Gasteiger charge is 2.32. The molecule has 1 heterocycles. The second-order valence-electron chi connectivity index (χ2n) is 6.73. The summed E-state index contributed by atoms with van der Waals surface area (Å²) in [7, 11) is 0. The predicted molar refractivity (Wildman–Crippen MR) is 74.3 cm³/mol. The molecular formula is C15H28N2O. The van der Waals surface area contributed by atoms with Gasteiger partial charge in [-0.15, -0.1) is 0 Å². The number of hydrogen-bond acceptors (Lipinski definition) is 2. The molecule has 3 nitrogen and oxygen atoms in total. The molecule has 2 N–H and O–H groups in total. The molecule has 2 aliphatic rings. The van der Waals surface area contributed by atoms with Crippen molar-refractivity contribution in [3.05, 3.63) is 0 Å². The van der Waals surface area contributed by atoms with E-state index in [-0.39, 0.29) is 5.91 Å². The lowest BCUT2D eigenvalue weighted by atomic mass is 9.70. The molecule has 0 aromatic rings. The highest BCUT2D eigenvalue weighted by molar-refractivity contribution is 5.76. The summed E-state index contributed by atoms with van der Waals surface area (Å²) in [6, 6.07) is 0. The van der Waals surface area contributed by atoms with Gasteiger partial charge in [0.1, 0.15) is 0 Å². The van der Waals surface area contributed by atoms with Gasteiger partial charge in [0, 0.05) is 13.0 Å². The number of piperidine rings is 1. The number of amides is 1. The summed E-state index contributed by atoms with van der Waals surface area (Å²) in [5, 5.41) is 6.57. The van der Waals surface area contributed by atoms with Crippen LogP contribution in [-0.4, -0.2) is 25.5 Å². The first-order valence-corrected chi connectivity index (χ1v) is 7.56. The Morgan fingerprint density at radius 2 is 2.22 bits per heavy atom. The maximum absolute atomic E-state index is 12.0. The van der Waals surface area contributed by atoms with Crippen molar-refractivity contribution in [2.45, 2.75) is 52.4 Å². The van der Waals surface area contributed by atoms with Crippen molar-refractivity contribution in [3.8, 4) is 0 Å². The Kier molecular flexibility index (Phi) is 4.66. The van der Waals surface area contributed by atoms with Crippen LogP contribution in [0.1, 0.15) is 52.4 Å². The second-order valence-corrected chi connectivity index (χ2v) is 6.73. The monoisotopic (exact) mass is 252 g/mol. The number of carbonyl (C=O) groups excluding carboxylic acids is 1. The zero-order valence-electron chi connectivity index (χ0n) is 11.9. The van der Waals surface area contributed by atoms with Crippen LogP contribution in [0.2, 0.25) is 0 Å². The molecule has 2 unspecified atom stereocenters. The lowest BCUT2D eigenvalue weighted by molar-refractivity contribution is -0.123. The van der Waals surface area contributed by atoms with Gasteiger partial charge in [-0.05, 0) is 56.0 Å². The second kappa shape index (κ2) is 6.05. The topological polar surface area (TPSA) is 41.1 Å². The molecule has 1 amide bonds. The molecule has 0 spiro atoms. The molecule has 0 aromatic heterocycles. The van der Waals surface area contributed by atoms with Gasteiger partial charge >= 0.3 is 0 Å². The first kappa shape index (κ1) is 13.9. The van der Waals surface area contributed by atoms with Crippen LogP contribution in [0.3, 0.4) is 0 Å². The molecule has 0 bridgehead atoms. The minimum absolute atomic E-state index is 0.251. The van der Waals surface area contributed by atoms with Crippen LogP contribution in [0.25, 0.3) is 0 Å². The maximum atomic E-state index is 12.0. The third-order valence-corrected chi connectivity index (χ3v) is 4.92. The Bertz CT molecular complexity index is 280. The molecule has 1 saturated carbocycles. The van der Waals surface area contributed by atoms with Crippen LogP contribution in [0.4, 0.5) is 0 Å².